The van der Waals surface area contributed by atoms with Crippen LogP contribution in [0, 0.1) is 16.7 Å². The molecule has 1 N–H and O–H groups in total. The van der Waals surface area contributed by atoms with Crippen molar-refractivity contribution in [1.29, 1.82) is 5.26 Å². The molecule has 0 saturated heterocycles. The third-order valence-corrected chi connectivity index (χ3v) is 2.84. The quantitative estimate of drug-likeness (QED) is 0.787. The van der Waals surface area contributed by atoms with E-state index in [1.807, 2.05) is 26.2 Å². The zero-order chi connectivity index (χ0) is 12.7. The molecule has 0 aliphatic carbocycles. The highest BCUT2D eigenvalue weighted by Gasteiger charge is 2.15. The summed E-state index contributed by atoms with van der Waals surface area (Å²) in [7, 11) is 0. The normalized spacial score (nSPS) is 11.4. The second kappa shape index (κ2) is 6.41. The molecule has 0 radical (unpaired) electrons. The molecule has 0 spiro atoms. The summed E-state index contributed by atoms with van der Waals surface area (Å²) in [6.07, 6.45) is 5.77. The maximum Gasteiger partial charge on any atom is 0.122 e. The number of hydrogen-bond acceptors (Lipinski definition) is 3. The van der Waals surface area contributed by atoms with Crippen LogP contribution in [-0.2, 0) is 13.1 Å². The van der Waals surface area contributed by atoms with Crippen molar-refractivity contribution in [3.05, 3.63) is 18.2 Å². The Morgan fingerprint density at radius 1 is 1.53 bits per heavy atom. The molecule has 1 aromatic rings. The molecule has 1 rings (SSSR count). The first-order valence-electron chi connectivity index (χ1n) is 6.21. The minimum atomic E-state index is -0.220. The van der Waals surface area contributed by atoms with E-state index < -0.39 is 0 Å². The Morgan fingerprint density at radius 2 is 2.29 bits per heavy atom. The minimum absolute atomic E-state index is 0.220. The molecule has 0 atom stereocenters. The van der Waals surface area contributed by atoms with Crippen LogP contribution < -0.4 is 5.32 Å². The lowest BCUT2D eigenvalue weighted by atomic mass is 9.90. The van der Waals surface area contributed by atoms with Gasteiger partial charge in [-0.15, -0.1) is 0 Å². The largest absolute Gasteiger partial charge is 0.334 e. The number of imidazole rings is 1. The summed E-state index contributed by atoms with van der Waals surface area (Å²) in [6, 6.07) is 2.33. The van der Waals surface area contributed by atoms with Crippen LogP contribution in [0.15, 0.2) is 12.4 Å². The zero-order valence-corrected chi connectivity index (χ0v) is 11.0. The van der Waals surface area contributed by atoms with E-state index in [2.05, 4.69) is 27.9 Å². The first-order valence-corrected chi connectivity index (χ1v) is 6.21. The molecule has 4 heteroatoms. The Bertz CT molecular complexity index is 373. The average molecular weight is 234 g/mol. The Morgan fingerprint density at radius 3 is 2.94 bits per heavy atom. The van der Waals surface area contributed by atoms with Gasteiger partial charge in [-0.1, -0.05) is 6.92 Å². The predicted octanol–water partition coefficient (Wildman–Crippen LogP) is 2.32. The Kier molecular flexibility index (Phi) is 5.17. The van der Waals surface area contributed by atoms with Crippen LogP contribution in [0.4, 0.5) is 0 Å². The molecule has 17 heavy (non-hydrogen) atoms. The van der Waals surface area contributed by atoms with Gasteiger partial charge >= 0.3 is 0 Å². The van der Waals surface area contributed by atoms with Crippen LogP contribution in [0.25, 0.3) is 0 Å². The summed E-state index contributed by atoms with van der Waals surface area (Å²) in [5, 5.41) is 12.2. The van der Waals surface area contributed by atoms with Gasteiger partial charge in [0.2, 0.25) is 0 Å². The van der Waals surface area contributed by atoms with Gasteiger partial charge in [-0.2, -0.15) is 5.26 Å². The molecule has 4 nitrogen and oxygen atoms in total. The monoisotopic (exact) mass is 234 g/mol. The van der Waals surface area contributed by atoms with E-state index in [1.165, 1.54) is 0 Å². The van der Waals surface area contributed by atoms with E-state index in [9.17, 15) is 0 Å². The lowest BCUT2D eigenvalue weighted by Crippen LogP contribution is -2.17. The highest BCUT2D eigenvalue weighted by atomic mass is 15.1. The van der Waals surface area contributed by atoms with E-state index in [0.717, 1.165) is 38.3 Å². The molecule has 0 aliphatic heterocycles. The maximum atomic E-state index is 8.94. The van der Waals surface area contributed by atoms with Crippen molar-refractivity contribution in [3.63, 3.8) is 0 Å². The fourth-order valence-corrected chi connectivity index (χ4v) is 1.69. The molecule has 1 aromatic heterocycles. The number of aromatic nitrogens is 2. The van der Waals surface area contributed by atoms with E-state index in [-0.39, 0.29) is 5.41 Å². The lowest BCUT2D eigenvalue weighted by Gasteiger charge is -2.15. The molecular weight excluding hydrogens is 212 g/mol. The maximum absolute atomic E-state index is 8.94. The first kappa shape index (κ1) is 13.7. The number of nitriles is 1. The first-order chi connectivity index (χ1) is 8.09. The summed E-state index contributed by atoms with van der Waals surface area (Å²) in [4.78, 5) is 4.32. The van der Waals surface area contributed by atoms with Gasteiger partial charge in [0.1, 0.15) is 5.82 Å². The molecule has 0 fully saturated rings. The molecule has 0 bridgehead atoms. The summed E-state index contributed by atoms with van der Waals surface area (Å²) < 4.78 is 2.16. The fourth-order valence-electron chi connectivity index (χ4n) is 1.69. The van der Waals surface area contributed by atoms with Crippen molar-refractivity contribution >= 4 is 0 Å². The molecule has 0 unspecified atom stereocenters. The Balaban J connectivity index is 2.42. The molecule has 0 amide bonds. The smallest absolute Gasteiger partial charge is 0.122 e. The second-order valence-corrected chi connectivity index (χ2v) is 4.92. The van der Waals surface area contributed by atoms with Gasteiger partial charge in [-0.3, -0.25) is 0 Å². The Labute approximate surface area is 104 Å². The number of rotatable bonds is 7. The van der Waals surface area contributed by atoms with E-state index in [4.69, 9.17) is 5.26 Å². The highest BCUT2D eigenvalue weighted by Crippen LogP contribution is 2.21. The summed E-state index contributed by atoms with van der Waals surface area (Å²) in [5.74, 6) is 1.07. The second-order valence-electron chi connectivity index (χ2n) is 4.92. The van der Waals surface area contributed by atoms with Crippen molar-refractivity contribution in [3.8, 4) is 6.07 Å². The van der Waals surface area contributed by atoms with E-state index >= 15 is 0 Å². The molecule has 0 aromatic carbocycles. The van der Waals surface area contributed by atoms with Crippen molar-refractivity contribution in [2.45, 2.75) is 46.7 Å². The molecule has 1 heterocycles. The summed E-state index contributed by atoms with van der Waals surface area (Å²) in [5.41, 5.74) is -0.220. The van der Waals surface area contributed by atoms with E-state index in [1.54, 1.807) is 0 Å². The van der Waals surface area contributed by atoms with Gasteiger partial charge in [0.15, 0.2) is 0 Å². The standard InChI is InChI=1S/C13H22N4/c1-4-15-10-12-16-7-9-17(12)8-5-6-13(2,3)11-14/h7,9,15H,4-6,8,10H2,1-3H3. The van der Waals surface area contributed by atoms with Crippen molar-refractivity contribution in [1.82, 2.24) is 14.9 Å². The van der Waals surface area contributed by atoms with Gasteiger partial charge in [-0.05, 0) is 33.2 Å². The van der Waals surface area contributed by atoms with Gasteiger partial charge in [0, 0.05) is 18.9 Å². The van der Waals surface area contributed by atoms with Crippen LogP contribution in [0.3, 0.4) is 0 Å². The van der Waals surface area contributed by atoms with Crippen LogP contribution >= 0.6 is 0 Å². The third-order valence-electron chi connectivity index (χ3n) is 2.84. The molecule has 0 aliphatic rings. The van der Waals surface area contributed by atoms with Crippen molar-refractivity contribution < 1.29 is 0 Å². The van der Waals surface area contributed by atoms with Crippen LogP contribution in [0.2, 0.25) is 0 Å². The van der Waals surface area contributed by atoms with Gasteiger partial charge < -0.3 is 9.88 Å². The highest BCUT2D eigenvalue weighted by molar-refractivity contribution is 4.94. The molecule has 94 valence electrons. The van der Waals surface area contributed by atoms with Gasteiger partial charge in [0.25, 0.3) is 0 Å². The van der Waals surface area contributed by atoms with Crippen LogP contribution in [-0.4, -0.2) is 16.1 Å². The molecular formula is C13H22N4. The number of nitrogens with zero attached hydrogens (tertiary/aromatic N) is 3. The predicted molar refractivity (Wildman–Crippen MR) is 68.2 cm³/mol. The number of aryl methyl sites for hydroxylation is 1. The zero-order valence-electron chi connectivity index (χ0n) is 11.0. The molecule has 0 saturated carbocycles. The minimum Gasteiger partial charge on any atom is -0.334 e. The van der Waals surface area contributed by atoms with Crippen LogP contribution in [0.1, 0.15) is 39.4 Å². The fraction of sp³-hybridized carbons (Fsp3) is 0.692. The number of nitrogens with one attached hydrogen (secondary N) is 1. The topological polar surface area (TPSA) is 53.6 Å². The third kappa shape index (κ3) is 4.58. The van der Waals surface area contributed by atoms with Crippen molar-refractivity contribution in [2.24, 2.45) is 5.41 Å². The number of hydrogen-bond donors (Lipinski definition) is 1. The summed E-state index contributed by atoms with van der Waals surface area (Å²) in [6.45, 7) is 8.76. The average Bonchev–Trinajstić information content (AvgIpc) is 2.74. The summed E-state index contributed by atoms with van der Waals surface area (Å²) >= 11 is 0. The van der Waals surface area contributed by atoms with Crippen molar-refractivity contribution in [2.75, 3.05) is 6.54 Å². The Hall–Kier alpha value is -1.34. The SMILES string of the molecule is CCNCc1nccn1CCCC(C)(C)C#N. The van der Waals surface area contributed by atoms with Gasteiger partial charge in [-0.25, -0.2) is 4.98 Å². The van der Waals surface area contributed by atoms with Crippen LogP contribution in [0.5, 0.6) is 0 Å². The van der Waals surface area contributed by atoms with E-state index in [0.29, 0.717) is 0 Å². The lowest BCUT2D eigenvalue weighted by molar-refractivity contribution is 0.412. The van der Waals surface area contributed by atoms with Gasteiger partial charge in [0.05, 0.1) is 18.0 Å².